The van der Waals surface area contributed by atoms with Crippen molar-refractivity contribution in [3.8, 4) is 17.1 Å². The summed E-state index contributed by atoms with van der Waals surface area (Å²) < 4.78 is 7.49. The summed E-state index contributed by atoms with van der Waals surface area (Å²) in [5.41, 5.74) is 2.54. The van der Waals surface area contributed by atoms with Crippen LogP contribution in [0.15, 0.2) is 59.9 Å². The van der Waals surface area contributed by atoms with E-state index in [4.69, 9.17) is 4.74 Å². The number of rotatable bonds is 7. The molecule has 1 N–H and O–H groups in total. The van der Waals surface area contributed by atoms with Crippen molar-refractivity contribution in [3.63, 3.8) is 0 Å². The number of benzene rings is 2. The van der Waals surface area contributed by atoms with Crippen LogP contribution in [0, 0.1) is 0 Å². The highest BCUT2D eigenvalue weighted by Crippen LogP contribution is 2.33. The predicted molar refractivity (Wildman–Crippen MR) is 116 cm³/mol. The van der Waals surface area contributed by atoms with Crippen LogP contribution in [-0.2, 0) is 6.54 Å². The van der Waals surface area contributed by atoms with Crippen LogP contribution in [0.25, 0.3) is 22.3 Å². The van der Waals surface area contributed by atoms with Crippen LogP contribution in [0.1, 0.15) is 24.2 Å². The van der Waals surface area contributed by atoms with E-state index in [0.717, 1.165) is 28.0 Å². The molecule has 2 aromatic heterocycles. The van der Waals surface area contributed by atoms with Crippen LogP contribution < -0.4 is 4.74 Å². The van der Waals surface area contributed by atoms with Crippen LogP contribution >= 0.6 is 11.8 Å². The Kier molecular flexibility index (Phi) is 5.40. The fraction of sp³-hybridized carbons (Fsp3) is 0.227. The molecule has 6 nitrogen and oxygen atoms in total. The summed E-state index contributed by atoms with van der Waals surface area (Å²) in [5, 5.41) is 10.1. The topological polar surface area (TPSA) is 72.8 Å². The van der Waals surface area contributed by atoms with Gasteiger partial charge in [-0.1, -0.05) is 42.1 Å². The molecule has 0 aliphatic carbocycles. The largest absolute Gasteiger partial charge is 0.496 e. The molecule has 2 heterocycles. The summed E-state index contributed by atoms with van der Waals surface area (Å²) in [6.45, 7) is 4.64. The maximum atomic E-state index is 13.1. The van der Waals surface area contributed by atoms with Gasteiger partial charge < -0.3 is 14.3 Å². The van der Waals surface area contributed by atoms with Crippen molar-refractivity contribution in [2.45, 2.75) is 30.8 Å². The number of carbonyl (C=O) groups is 1. The first-order valence-electron chi connectivity index (χ1n) is 9.47. The molecule has 0 amide bonds. The van der Waals surface area contributed by atoms with E-state index >= 15 is 0 Å². The second kappa shape index (κ2) is 8.13. The van der Waals surface area contributed by atoms with Crippen molar-refractivity contribution in [2.24, 2.45) is 0 Å². The van der Waals surface area contributed by atoms with Gasteiger partial charge in [-0.25, -0.2) is 0 Å². The first kappa shape index (κ1) is 19.3. The van der Waals surface area contributed by atoms with Gasteiger partial charge in [0.2, 0.25) is 0 Å². The zero-order valence-electron chi connectivity index (χ0n) is 16.5. The number of hydrogen-bond donors (Lipinski definition) is 1. The second-order valence-electron chi connectivity index (χ2n) is 6.62. The highest BCUT2D eigenvalue weighted by Gasteiger charge is 2.24. The van der Waals surface area contributed by atoms with Gasteiger partial charge in [0, 0.05) is 29.2 Å². The number of thioether (sulfide) groups is 1. The quantitative estimate of drug-likeness (QED) is 0.352. The Bertz CT molecular complexity index is 1160. The fourth-order valence-electron chi connectivity index (χ4n) is 3.40. The lowest BCUT2D eigenvalue weighted by Gasteiger charge is -2.12. The smallest absolute Gasteiger partial charge is 0.192 e. The number of para-hydroxylation sites is 2. The normalized spacial score (nSPS) is 12.2. The van der Waals surface area contributed by atoms with Crippen LogP contribution in [0.5, 0.6) is 5.75 Å². The third-order valence-electron chi connectivity index (χ3n) is 4.89. The first-order valence-corrected chi connectivity index (χ1v) is 10.4. The van der Waals surface area contributed by atoms with Crippen molar-refractivity contribution in [1.82, 2.24) is 19.7 Å². The number of aromatic nitrogens is 4. The Morgan fingerprint density at radius 1 is 1.17 bits per heavy atom. The molecule has 0 fully saturated rings. The number of aromatic amines is 1. The van der Waals surface area contributed by atoms with Crippen molar-refractivity contribution in [3.05, 3.63) is 60.3 Å². The van der Waals surface area contributed by atoms with Gasteiger partial charge in [-0.3, -0.25) is 4.79 Å². The van der Waals surface area contributed by atoms with Gasteiger partial charge in [0.25, 0.3) is 0 Å². The summed E-state index contributed by atoms with van der Waals surface area (Å²) >= 11 is 1.42. The maximum Gasteiger partial charge on any atom is 0.192 e. The highest BCUT2D eigenvalue weighted by molar-refractivity contribution is 8.00. The Morgan fingerprint density at radius 3 is 2.72 bits per heavy atom. The van der Waals surface area contributed by atoms with Gasteiger partial charge in [-0.15, -0.1) is 10.2 Å². The Hall–Kier alpha value is -3.06. The van der Waals surface area contributed by atoms with E-state index in [1.54, 1.807) is 13.3 Å². The minimum Gasteiger partial charge on any atom is -0.496 e. The third-order valence-corrected chi connectivity index (χ3v) is 5.97. The maximum absolute atomic E-state index is 13.1. The lowest BCUT2D eigenvalue weighted by Crippen LogP contribution is -2.14. The van der Waals surface area contributed by atoms with Gasteiger partial charge >= 0.3 is 0 Å². The molecular formula is C22H22N4O2S. The zero-order valence-corrected chi connectivity index (χ0v) is 17.4. The molecule has 0 aliphatic rings. The molecule has 4 rings (SSSR count). The number of H-pyrrole nitrogens is 1. The van der Waals surface area contributed by atoms with Gasteiger partial charge in [0.1, 0.15) is 5.75 Å². The Morgan fingerprint density at radius 2 is 1.93 bits per heavy atom. The van der Waals surface area contributed by atoms with Crippen LogP contribution in [0.2, 0.25) is 0 Å². The molecule has 0 spiro atoms. The number of nitrogens with one attached hydrogen (secondary N) is 1. The molecule has 0 radical (unpaired) electrons. The van der Waals surface area contributed by atoms with E-state index in [-0.39, 0.29) is 11.0 Å². The second-order valence-corrected chi connectivity index (χ2v) is 7.93. The summed E-state index contributed by atoms with van der Waals surface area (Å²) in [5.74, 6) is 1.55. The Balaban J connectivity index is 1.63. The number of fused-ring (bicyclic) bond motifs is 1. The van der Waals surface area contributed by atoms with Crippen molar-refractivity contribution >= 4 is 28.4 Å². The number of nitrogens with zero attached hydrogens (tertiary/aromatic N) is 3. The lowest BCUT2D eigenvalue weighted by atomic mass is 10.1. The minimum absolute atomic E-state index is 0.0666. The van der Waals surface area contributed by atoms with Gasteiger partial charge in [-0.2, -0.15) is 0 Å². The van der Waals surface area contributed by atoms with E-state index in [9.17, 15) is 4.79 Å². The average molecular weight is 407 g/mol. The molecule has 7 heteroatoms. The molecular weight excluding hydrogens is 384 g/mol. The molecule has 4 aromatic rings. The van der Waals surface area contributed by atoms with Gasteiger partial charge in [0.15, 0.2) is 16.8 Å². The number of Topliss-reactive ketones (excluding diaryl/α,β-unsaturated/α-hetero) is 1. The van der Waals surface area contributed by atoms with Gasteiger partial charge in [-0.05, 0) is 32.0 Å². The van der Waals surface area contributed by atoms with Crippen LogP contribution in [-0.4, -0.2) is 37.9 Å². The molecule has 0 unspecified atom stereocenters. The third kappa shape index (κ3) is 3.53. The first-order chi connectivity index (χ1) is 14.1. The van der Waals surface area contributed by atoms with Crippen molar-refractivity contribution in [2.75, 3.05) is 7.11 Å². The predicted octanol–water partition coefficient (Wildman–Crippen LogP) is 4.82. The lowest BCUT2D eigenvalue weighted by molar-refractivity contribution is 0.0995. The van der Waals surface area contributed by atoms with E-state index in [0.29, 0.717) is 17.3 Å². The molecule has 29 heavy (non-hydrogen) atoms. The van der Waals surface area contributed by atoms with E-state index in [2.05, 4.69) is 15.2 Å². The summed E-state index contributed by atoms with van der Waals surface area (Å²) in [7, 11) is 1.64. The molecule has 0 bridgehead atoms. The summed E-state index contributed by atoms with van der Waals surface area (Å²) in [4.78, 5) is 16.3. The fourth-order valence-corrected chi connectivity index (χ4v) is 4.38. The standard InChI is InChI=1S/C22H22N4O2S/c1-4-26-21(16-10-6-8-12-19(16)28-3)24-25-22(26)29-14(2)20(27)17-13-23-18-11-7-5-9-15(17)18/h5-14,23H,4H2,1-3H3/t14-/m1/s1. The molecule has 1 atom stereocenters. The van der Waals surface area contributed by atoms with E-state index < -0.39 is 0 Å². The number of ether oxygens (including phenoxy) is 1. The molecule has 148 valence electrons. The number of methoxy groups -OCH3 is 1. The van der Waals surface area contributed by atoms with Crippen LogP contribution in [0.4, 0.5) is 0 Å². The number of ketones is 1. The minimum atomic E-state index is -0.297. The van der Waals surface area contributed by atoms with E-state index in [1.807, 2.05) is 66.9 Å². The van der Waals surface area contributed by atoms with Gasteiger partial charge in [0.05, 0.1) is 17.9 Å². The highest BCUT2D eigenvalue weighted by atomic mass is 32.2. The number of carbonyl (C=O) groups excluding carboxylic acids is 1. The Labute approximate surface area is 173 Å². The summed E-state index contributed by atoms with van der Waals surface area (Å²) in [6, 6.07) is 15.6. The monoisotopic (exact) mass is 406 g/mol. The summed E-state index contributed by atoms with van der Waals surface area (Å²) in [6.07, 6.45) is 1.79. The molecule has 0 saturated carbocycles. The zero-order chi connectivity index (χ0) is 20.4. The van der Waals surface area contributed by atoms with Crippen LogP contribution in [0.3, 0.4) is 0 Å². The molecule has 0 saturated heterocycles. The molecule has 2 aromatic carbocycles. The van der Waals surface area contributed by atoms with Crippen molar-refractivity contribution in [1.29, 1.82) is 0 Å². The number of hydrogen-bond acceptors (Lipinski definition) is 5. The van der Waals surface area contributed by atoms with Crippen molar-refractivity contribution < 1.29 is 9.53 Å². The molecule has 0 aliphatic heterocycles. The average Bonchev–Trinajstić information content (AvgIpc) is 3.37. The van der Waals surface area contributed by atoms with E-state index in [1.165, 1.54) is 11.8 Å². The SMILES string of the molecule is CCn1c(S[C@H](C)C(=O)c2c[nH]c3ccccc23)nnc1-c1ccccc1OC.